The standard InChI is InChI=1S/C18H14BrF2N3O5/c1-27-8-2-4-10(23-6-8)15-16(19)29-18(24-15)11(25)7-28-12-5-3-9(20)13(14(12)21)17(22)26/h2-6,11,25H,7H2,1H3,(H2,22,26). The highest BCUT2D eigenvalue weighted by Crippen LogP contribution is 2.31. The second-order valence-corrected chi connectivity index (χ2v) is 6.40. The largest absolute Gasteiger partial charge is 0.495 e. The summed E-state index contributed by atoms with van der Waals surface area (Å²) in [5, 5.41) is 10.2. The van der Waals surface area contributed by atoms with Crippen LogP contribution in [0.15, 0.2) is 39.5 Å². The Morgan fingerprint density at radius 3 is 2.72 bits per heavy atom. The van der Waals surface area contributed by atoms with Crippen molar-refractivity contribution >= 4 is 21.8 Å². The number of nitrogens with two attached hydrogens (primary N) is 1. The van der Waals surface area contributed by atoms with Gasteiger partial charge in [0.15, 0.2) is 22.3 Å². The fourth-order valence-corrected chi connectivity index (χ4v) is 2.83. The third-order valence-corrected chi connectivity index (χ3v) is 4.34. The van der Waals surface area contributed by atoms with Crippen LogP contribution >= 0.6 is 15.9 Å². The number of nitrogens with zero attached hydrogens (tertiary/aromatic N) is 2. The number of aliphatic hydroxyl groups is 1. The first-order valence-corrected chi connectivity index (χ1v) is 8.86. The Bertz CT molecular complexity index is 1040. The van der Waals surface area contributed by atoms with Crippen molar-refractivity contribution < 1.29 is 32.6 Å². The summed E-state index contributed by atoms with van der Waals surface area (Å²) in [4.78, 5) is 19.5. The summed E-state index contributed by atoms with van der Waals surface area (Å²) in [5.41, 5.74) is 4.81. The van der Waals surface area contributed by atoms with Gasteiger partial charge in [0.2, 0.25) is 5.89 Å². The maximum absolute atomic E-state index is 14.2. The first-order chi connectivity index (χ1) is 13.8. The van der Waals surface area contributed by atoms with Gasteiger partial charge in [0.25, 0.3) is 5.91 Å². The third-order valence-electron chi connectivity index (χ3n) is 3.80. The molecule has 3 N–H and O–H groups in total. The van der Waals surface area contributed by atoms with Crippen LogP contribution < -0.4 is 15.2 Å². The number of carbonyl (C=O) groups excluding carboxylic acids is 1. The van der Waals surface area contributed by atoms with Crippen molar-refractivity contribution in [1.29, 1.82) is 0 Å². The smallest absolute Gasteiger partial charge is 0.254 e. The summed E-state index contributed by atoms with van der Waals surface area (Å²) >= 11 is 3.19. The lowest BCUT2D eigenvalue weighted by Crippen LogP contribution is -2.17. The molecule has 0 aliphatic rings. The van der Waals surface area contributed by atoms with E-state index in [2.05, 4.69) is 25.9 Å². The average Bonchev–Trinajstić information content (AvgIpc) is 3.09. The number of ether oxygens (including phenoxy) is 2. The van der Waals surface area contributed by atoms with Crippen LogP contribution in [0.1, 0.15) is 22.4 Å². The van der Waals surface area contributed by atoms with Gasteiger partial charge in [0.1, 0.15) is 29.4 Å². The van der Waals surface area contributed by atoms with Crippen molar-refractivity contribution in [3.05, 3.63) is 58.2 Å². The van der Waals surface area contributed by atoms with Crippen molar-refractivity contribution in [2.24, 2.45) is 5.73 Å². The van der Waals surface area contributed by atoms with E-state index in [0.717, 1.165) is 12.1 Å². The molecule has 0 spiro atoms. The topological polar surface area (TPSA) is 121 Å². The minimum atomic E-state index is -1.39. The predicted molar refractivity (Wildman–Crippen MR) is 99.3 cm³/mol. The zero-order valence-corrected chi connectivity index (χ0v) is 16.4. The average molecular weight is 470 g/mol. The molecule has 29 heavy (non-hydrogen) atoms. The summed E-state index contributed by atoms with van der Waals surface area (Å²) in [5.74, 6) is -3.68. The van der Waals surface area contributed by atoms with Gasteiger partial charge in [-0.05, 0) is 40.2 Å². The third kappa shape index (κ3) is 4.35. The molecule has 0 aliphatic heterocycles. The Balaban J connectivity index is 1.76. The highest BCUT2D eigenvalue weighted by atomic mass is 79.9. The molecule has 0 aliphatic carbocycles. The molecule has 0 radical (unpaired) electrons. The van der Waals surface area contributed by atoms with Gasteiger partial charge < -0.3 is 24.7 Å². The van der Waals surface area contributed by atoms with E-state index in [-0.39, 0.29) is 10.6 Å². The van der Waals surface area contributed by atoms with Gasteiger partial charge in [-0.1, -0.05) is 0 Å². The van der Waals surface area contributed by atoms with Crippen LogP contribution in [0.2, 0.25) is 0 Å². The van der Waals surface area contributed by atoms with Crippen molar-refractivity contribution in [3.8, 4) is 22.9 Å². The molecule has 1 amide bonds. The maximum atomic E-state index is 14.2. The molecule has 1 unspecified atom stereocenters. The van der Waals surface area contributed by atoms with Gasteiger partial charge in [0.05, 0.1) is 19.0 Å². The molecule has 1 aromatic carbocycles. The molecule has 2 heterocycles. The number of amides is 1. The van der Waals surface area contributed by atoms with Crippen molar-refractivity contribution in [2.75, 3.05) is 13.7 Å². The Kier molecular flexibility index (Phi) is 6.09. The first kappa shape index (κ1) is 20.7. The fraction of sp³-hybridized carbons (Fsp3) is 0.167. The van der Waals surface area contributed by atoms with Gasteiger partial charge >= 0.3 is 0 Å². The lowest BCUT2D eigenvalue weighted by atomic mass is 10.1. The minimum absolute atomic E-state index is 0.123. The second-order valence-electron chi connectivity index (χ2n) is 5.68. The van der Waals surface area contributed by atoms with E-state index in [1.165, 1.54) is 13.3 Å². The first-order valence-electron chi connectivity index (χ1n) is 8.07. The van der Waals surface area contributed by atoms with E-state index in [1.54, 1.807) is 12.1 Å². The molecule has 3 aromatic rings. The molecule has 0 saturated heterocycles. The Morgan fingerprint density at radius 2 is 2.10 bits per heavy atom. The van der Waals surface area contributed by atoms with Crippen LogP contribution in [0.25, 0.3) is 11.4 Å². The number of oxazole rings is 1. The zero-order chi connectivity index (χ0) is 21.1. The quantitative estimate of drug-likeness (QED) is 0.545. The molecule has 0 saturated carbocycles. The molecular formula is C18H14BrF2N3O5. The highest BCUT2D eigenvalue weighted by Gasteiger charge is 2.23. The van der Waals surface area contributed by atoms with Crippen LogP contribution in [-0.2, 0) is 0 Å². The minimum Gasteiger partial charge on any atom is -0.495 e. The monoisotopic (exact) mass is 469 g/mol. The SMILES string of the molecule is COc1ccc(-c2nc(C(O)COc3ccc(F)c(C(N)=O)c3F)oc2Br)nc1. The summed E-state index contributed by atoms with van der Waals surface area (Å²) < 4.78 is 43.4. The molecule has 2 aromatic heterocycles. The summed E-state index contributed by atoms with van der Waals surface area (Å²) in [7, 11) is 1.51. The van der Waals surface area contributed by atoms with E-state index < -0.39 is 41.6 Å². The number of pyridine rings is 1. The van der Waals surface area contributed by atoms with E-state index in [1.807, 2.05) is 0 Å². The van der Waals surface area contributed by atoms with Crippen LogP contribution in [0.4, 0.5) is 8.78 Å². The molecule has 3 rings (SSSR count). The van der Waals surface area contributed by atoms with Gasteiger partial charge in [-0.15, -0.1) is 0 Å². The maximum Gasteiger partial charge on any atom is 0.254 e. The Labute approximate surface area is 171 Å². The highest BCUT2D eigenvalue weighted by molar-refractivity contribution is 9.10. The lowest BCUT2D eigenvalue weighted by Gasteiger charge is -2.11. The number of rotatable bonds is 7. The van der Waals surface area contributed by atoms with E-state index in [4.69, 9.17) is 19.6 Å². The molecule has 1 atom stereocenters. The molecule has 0 bridgehead atoms. The van der Waals surface area contributed by atoms with Crippen LogP contribution in [-0.4, -0.2) is 34.7 Å². The molecular weight excluding hydrogens is 456 g/mol. The molecule has 11 heteroatoms. The number of halogens is 3. The van der Waals surface area contributed by atoms with Crippen molar-refractivity contribution in [2.45, 2.75) is 6.10 Å². The molecule has 8 nitrogen and oxygen atoms in total. The summed E-state index contributed by atoms with van der Waals surface area (Å²) in [6.07, 6.45) is 0.100. The second kappa shape index (κ2) is 8.53. The van der Waals surface area contributed by atoms with Gasteiger partial charge in [-0.25, -0.2) is 13.8 Å². The van der Waals surface area contributed by atoms with Crippen LogP contribution in [0, 0.1) is 11.6 Å². The number of methoxy groups -OCH3 is 1. The molecule has 152 valence electrons. The number of benzene rings is 1. The lowest BCUT2D eigenvalue weighted by molar-refractivity contribution is 0.0811. The van der Waals surface area contributed by atoms with Gasteiger partial charge in [-0.2, -0.15) is 0 Å². The van der Waals surface area contributed by atoms with Gasteiger partial charge in [0, 0.05) is 0 Å². The van der Waals surface area contributed by atoms with E-state index in [9.17, 15) is 18.7 Å². The number of carbonyl (C=O) groups is 1. The number of aromatic nitrogens is 2. The van der Waals surface area contributed by atoms with Crippen molar-refractivity contribution in [1.82, 2.24) is 9.97 Å². The molecule has 0 fully saturated rings. The zero-order valence-electron chi connectivity index (χ0n) is 14.9. The van der Waals surface area contributed by atoms with Crippen molar-refractivity contribution in [3.63, 3.8) is 0 Å². The fourth-order valence-electron chi connectivity index (χ4n) is 2.37. The van der Waals surface area contributed by atoms with E-state index >= 15 is 0 Å². The number of aliphatic hydroxyl groups excluding tert-OH is 1. The normalized spacial score (nSPS) is 11.9. The number of primary amides is 1. The summed E-state index contributed by atoms with van der Waals surface area (Å²) in [6.45, 7) is -0.483. The van der Waals surface area contributed by atoms with E-state index in [0.29, 0.717) is 17.1 Å². The van der Waals surface area contributed by atoms with Gasteiger partial charge in [-0.3, -0.25) is 9.78 Å². The predicted octanol–water partition coefficient (Wildman–Crippen LogP) is 3.00. The number of hydrogen-bond donors (Lipinski definition) is 2. The Hall–Kier alpha value is -3.05. The Morgan fingerprint density at radius 1 is 1.34 bits per heavy atom. The number of hydrogen-bond acceptors (Lipinski definition) is 7. The van der Waals surface area contributed by atoms with Crippen LogP contribution in [0.5, 0.6) is 11.5 Å². The summed E-state index contributed by atoms with van der Waals surface area (Å²) in [6, 6.07) is 5.13. The van der Waals surface area contributed by atoms with Crippen LogP contribution in [0.3, 0.4) is 0 Å².